The third kappa shape index (κ3) is 4.77. The highest BCUT2D eigenvalue weighted by Crippen LogP contribution is 2.15. The largest absolute Gasteiger partial charge is 0.368 e. The number of imidazole rings is 1. The van der Waals surface area contributed by atoms with Gasteiger partial charge in [-0.1, -0.05) is 48.5 Å². The minimum Gasteiger partial charge on any atom is -0.368 e. The number of nitrogens with zero attached hydrogens (tertiary/aromatic N) is 5. The average Bonchev–Trinajstić information content (AvgIpc) is 3.23. The Hall–Kier alpha value is -3.28. The molecule has 0 bridgehead atoms. The van der Waals surface area contributed by atoms with Crippen LogP contribution in [0.15, 0.2) is 78.0 Å². The van der Waals surface area contributed by atoms with E-state index in [4.69, 9.17) is 0 Å². The highest BCUT2D eigenvalue weighted by Gasteiger charge is 2.20. The first-order valence-corrected chi connectivity index (χ1v) is 10.1. The maximum atomic E-state index is 4.53. The van der Waals surface area contributed by atoms with Gasteiger partial charge in [-0.15, -0.1) is 0 Å². The van der Waals surface area contributed by atoms with Crippen molar-refractivity contribution in [3.63, 3.8) is 0 Å². The molecule has 0 aliphatic carbocycles. The number of aromatic nitrogens is 2. The molecular weight excluding hydrogens is 360 g/mol. The first-order chi connectivity index (χ1) is 14.3. The lowest BCUT2D eigenvalue weighted by Crippen LogP contribution is -2.52. The van der Waals surface area contributed by atoms with Crippen LogP contribution >= 0.6 is 0 Å². The van der Waals surface area contributed by atoms with Gasteiger partial charge >= 0.3 is 0 Å². The highest BCUT2D eigenvalue weighted by molar-refractivity contribution is 5.80. The van der Waals surface area contributed by atoms with E-state index in [1.807, 2.05) is 25.5 Å². The first kappa shape index (κ1) is 19.1. The van der Waals surface area contributed by atoms with Crippen LogP contribution in [0.4, 0.5) is 5.69 Å². The zero-order chi connectivity index (χ0) is 19.9. The molecule has 0 atom stereocenters. The van der Waals surface area contributed by atoms with Crippen molar-refractivity contribution in [2.75, 3.05) is 38.1 Å². The van der Waals surface area contributed by atoms with E-state index in [0.717, 1.165) is 44.5 Å². The van der Waals surface area contributed by atoms with Crippen LogP contribution in [0, 0.1) is 0 Å². The van der Waals surface area contributed by atoms with E-state index in [1.54, 1.807) is 0 Å². The molecule has 6 heteroatoms. The van der Waals surface area contributed by atoms with Crippen molar-refractivity contribution in [1.82, 2.24) is 19.8 Å². The van der Waals surface area contributed by atoms with Gasteiger partial charge in [-0.25, -0.2) is 4.98 Å². The summed E-state index contributed by atoms with van der Waals surface area (Å²) in [6, 6.07) is 21.1. The second-order valence-electron chi connectivity index (χ2n) is 7.17. The standard InChI is InChI=1S/C23H28N6/c1-24-23(28-16-14-27(15-17-28)21-10-6-3-7-11-21)26-18-22-25-12-13-29(22)19-20-8-4-2-5-9-20/h2-13H,14-19H2,1H3,(H,24,26). The third-order valence-electron chi connectivity index (χ3n) is 5.31. The second-order valence-corrected chi connectivity index (χ2v) is 7.17. The Labute approximate surface area is 172 Å². The Kier molecular flexibility index (Phi) is 6.10. The maximum absolute atomic E-state index is 4.53. The molecule has 29 heavy (non-hydrogen) atoms. The van der Waals surface area contributed by atoms with Crippen LogP contribution in [0.5, 0.6) is 0 Å². The van der Waals surface area contributed by atoms with E-state index in [2.05, 4.69) is 84.3 Å². The number of benzene rings is 2. The summed E-state index contributed by atoms with van der Waals surface area (Å²) in [4.78, 5) is 13.8. The van der Waals surface area contributed by atoms with Crippen molar-refractivity contribution >= 4 is 11.6 Å². The molecule has 150 valence electrons. The summed E-state index contributed by atoms with van der Waals surface area (Å²) in [7, 11) is 1.85. The predicted molar refractivity (Wildman–Crippen MR) is 118 cm³/mol. The summed E-state index contributed by atoms with van der Waals surface area (Å²) in [5.74, 6) is 1.95. The molecule has 1 saturated heterocycles. The lowest BCUT2D eigenvalue weighted by molar-refractivity contribution is 0.371. The normalized spacial score (nSPS) is 14.9. The molecule has 2 heterocycles. The van der Waals surface area contributed by atoms with Gasteiger partial charge < -0.3 is 19.7 Å². The van der Waals surface area contributed by atoms with E-state index >= 15 is 0 Å². The molecule has 4 rings (SSSR count). The fraction of sp³-hybridized carbons (Fsp3) is 0.304. The van der Waals surface area contributed by atoms with Crippen molar-refractivity contribution in [2.45, 2.75) is 13.1 Å². The van der Waals surface area contributed by atoms with Gasteiger partial charge in [0.2, 0.25) is 0 Å². The van der Waals surface area contributed by atoms with Gasteiger partial charge in [0, 0.05) is 57.9 Å². The van der Waals surface area contributed by atoms with Gasteiger partial charge in [-0.05, 0) is 17.7 Å². The van der Waals surface area contributed by atoms with Crippen molar-refractivity contribution in [3.05, 3.63) is 84.4 Å². The molecular formula is C23H28N6. The van der Waals surface area contributed by atoms with Gasteiger partial charge in [-0.2, -0.15) is 0 Å². The summed E-state index contributed by atoms with van der Waals surface area (Å²) in [6.07, 6.45) is 3.90. The quantitative estimate of drug-likeness (QED) is 0.539. The Morgan fingerprint density at radius 2 is 1.66 bits per heavy atom. The molecule has 2 aromatic carbocycles. The SMILES string of the molecule is CN=C(NCc1nccn1Cc1ccccc1)N1CCN(c2ccccc2)CC1. The van der Waals surface area contributed by atoms with Crippen LogP contribution in [-0.2, 0) is 13.1 Å². The maximum Gasteiger partial charge on any atom is 0.194 e. The van der Waals surface area contributed by atoms with E-state index in [1.165, 1.54) is 11.3 Å². The van der Waals surface area contributed by atoms with Gasteiger partial charge in [-0.3, -0.25) is 4.99 Å². The molecule has 0 amide bonds. The van der Waals surface area contributed by atoms with Gasteiger partial charge in [0.15, 0.2) is 5.96 Å². The fourth-order valence-electron chi connectivity index (χ4n) is 3.74. The zero-order valence-electron chi connectivity index (χ0n) is 16.9. The van der Waals surface area contributed by atoms with Gasteiger partial charge in [0.25, 0.3) is 0 Å². The van der Waals surface area contributed by atoms with E-state index in [9.17, 15) is 0 Å². The lowest BCUT2D eigenvalue weighted by atomic mass is 10.2. The monoisotopic (exact) mass is 388 g/mol. The summed E-state index contributed by atoms with van der Waals surface area (Å²) in [5, 5.41) is 3.50. The topological polar surface area (TPSA) is 48.7 Å². The summed E-state index contributed by atoms with van der Waals surface area (Å²) in [6.45, 7) is 5.37. The minimum absolute atomic E-state index is 0.658. The molecule has 0 unspecified atom stereocenters. The van der Waals surface area contributed by atoms with Crippen LogP contribution in [-0.4, -0.2) is 53.6 Å². The lowest BCUT2D eigenvalue weighted by Gasteiger charge is -2.37. The van der Waals surface area contributed by atoms with Crippen molar-refractivity contribution in [2.24, 2.45) is 4.99 Å². The molecule has 0 spiro atoms. The van der Waals surface area contributed by atoms with Crippen molar-refractivity contribution in [1.29, 1.82) is 0 Å². The number of aliphatic imine (C=N–C) groups is 1. The smallest absolute Gasteiger partial charge is 0.194 e. The van der Waals surface area contributed by atoms with Crippen LogP contribution in [0.3, 0.4) is 0 Å². The molecule has 1 N–H and O–H groups in total. The number of rotatable bonds is 5. The molecule has 1 aromatic heterocycles. The van der Waals surface area contributed by atoms with Crippen LogP contribution < -0.4 is 10.2 Å². The number of anilines is 1. The van der Waals surface area contributed by atoms with Gasteiger partial charge in [0.05, 0.1) is 6.54 Å². The summed E-state index contributed by atoms with van der Waals surface area (Å²) >= 11 is 0. The Bertz CT molecular complexity index is 911. The number of hydrogen-bond acceptors (Lipinski definition) is 3. The molecule has 0 radical (unpaired) electrons. The molecule has 0 saturated carbocycles. The Morgan fingerprint density at radius 3 is 2.34 bits per heavy atom. The predicted octanol–water partition coefficient (Wildman–Crippen LogP) is 2.83. The highest BCUT2D eigenvalue weighted by atomic mass is 15.3. The number of hydrogen-bond donors (Lipinski definition) is 1. The van der Waals surface area contributed by atoms with Crippen molar-refractivity contribution in [3.8, 4) is 0 Å². The van der Waals surface area contributed by atoms with E-state index < -0.39 is 0 Å². The fourth-order valence-corrected chi connectivity index (χ4v) is 3.74. The first-order valence-electron chi connectivity index (χ1n) is 10.1. The molecule has 3 aromatic rings. The molecule has 1 aliphatic heterocycles. The van der Waals surface area contributed by atoms with E-state index in [-0.39, 0.29) is 0 Å². The Morgan fingerprint density at radius 1 is 0.966 bits per heavy atom. The molecule has 1 fully saturated rings. The average molecular weight is 389 g/mol. The Balaban J connectivity index is 1.32. The van der Waals surface area contributed by atoms with Crippen LogP contribution in [0.2, 0.25) is 0 Å². The molecule has 1 aliphatic rings. The zero-order valence-corrected chi connectivity index (χ0v) is 16.9. The van der Waals surface area contributed by atoms with Crippen LogP contribution in [0.25, 0.3) is 0 Å². The number of nitrogens with one attached hydrogen (secondary N) is 1. The van der Waals surface area contributed by atoms with Crippen molar-refractivity contribution < 1.29 is 0 Å². The van der Waals surface area contributed by atoms with Crippen LogP contribution in [0.1, 0.15) is 11.4 Å². The van der Waals surface area contributed by atoms with E-state index in [0.29, 0.717) is 6.54 Å². The number of guanidine groups is 1. The number of para-hydroxylation sites is 1. The third-order valence-corrected chi connectivity index (χ3v) is 5.31. The second kappa shape index (κ2) is 9.28. The number of piperazine rings is 1. The molecule has 6 nitrogen and oxygen atoms in total. The summed E-state index contributed by atoms with van der Waals surface area (Å²) in [5.41, 5.74) is 2.56. The van der Waals surface area contributed by atoms with Gasteiger partial charge in [0.1, 0.15) is 5.82 Å². The summed E-state index contributed by atoms with van der Waals surface area (Å²) < 4.78 is 2.18. The minimum atomic E-state index is 0.658.